The Labute approximate surface area is 123 Å². The highest BCUT2D eigenvalue weighted by molar-refractivity contribution is 5.76. The third-order valence-corrected chi connectivity index (χ3v) is 4.66. The maximum Gasteiger partial charge on any atom is 0.220 e. The van der Waals surface area contributed by atoms with Gasteiger partial charge in [-0.1, -0.05) is 24.5 Å². The van der Waals surface area contributed by atoms with Crippen LogP contribution in [0.15, 0.2) is 11.6 Å². The van der Waals surface area contributed by atoms with E-state index in [4.69, 9.17) is 0 Å². The van der Waals surface area contributed by atoms with Gasteiger partial charge in [0.05, 0.1) is 0 Å². The van der Waals surface area contributed by atoms with Gasteiger partial charge in [-0.05, 0) is 45.4 Å². The third-order valence-electron chi connectivity index (χ3n) is 4.66. The van der Waals surface area contributed by atoms with E-state index >= 15 is 0 Å². The normalized spacial score (nSPS) is 21.9. The summed E-state index contributed by atoms with van der Waals surface area (Å²) in [6, 6.07) is 0.409. The zero-order valence-electron chi connectivity index (χ0n) is 13.2. The first-order chi connectivity index (χ1) is 9.63. The number of nitrogens with one attached hydrogen (secondary N) is 1. The minimum absolute atomic E-state index is 0.291. The molecule has 1 aliphatic heterocycles. The van der Waals surface area contributed by atoms with E-state index < -0.39 is 0 Å². The van der Waals surface area contributed by atoms with Gasteiger partial charge in [-0.2, -0.15) is 0 Å². The first-order valence-electron chi connectivity index (χ1n) is 8.28. The largest absolute Gasteiger partial charge is 0.353 e. The second-order valence-corrected chi connectivity index (χ2v) is 6.78. The van der Waals surface area contributed by atoms with Crippen LogP contribution in [-0.4, -0.2) is 36.5 Å². The van der Waals surface area contributed by atoms with Crippen molar-refractivity contribution >= 4 is 5.91 Å². The first-order valence-corrected chi connectivity index (χ1v) is 8.28. The van der Waals surface area contributed by atoms with Gasteiger partial charge in [0.1, 0.15) is 0 Å². The van der Waals surface area contributed by atoms with Crippen molar-refractivity contribution in [1.29, 1.82) is 0 Å². The molecule has 0 aromatic heterocycles. The molecule has 1 amide bonds. The fraction of sp³-hybridized carbons (Fsp3) is 0.824. The van der Waals surface area contributed by atoms with Gasteiger partial charge in [0, 0.05) is 32.1 Å². The Bertz CT molecular complexity index is 333. The van der Waals surface area contributed by atoms with Crippen LogP contribution >= 0.6 is 0 Å². The number of nitrogens with zero attached hydrogens (tertiary/aromatic N) is 1. The molecule has 0 aromatic rings. The van der Waals surface area contributed by atoms with Crippen LogP contribution < -0.4 is 5.32 Å². The molecule has 1 saturated heterocycles. The summed E-state index contributed by atoms with van der Waals surface area (Å²) < 4.78 is 0. The lowest BCUT2D eigenvalue weighted by Crippen LogP contribution is -2.44. The van der Waals surface area contributed by atoms with Crippen molar-refractivity contribution in [2.24, 2.45) is 5.92 Å². The van der Waals surface area contributed by atoms with Crippen molar-refractivity contribution in [1.82, 2.24) is 10.2 Å². The van der Waals surface area contributed by atoms with E-state index in [-0.39, 0.29) is 0 Å². The molecule has 114 valence electrons. The average molecular weight is 278 g/mol. The maximum absolute atomic E-state index is 12.0. The van der Waals surface area contributed by atoms with Crippen LogP contribution in [0.4, 0.5) is 0 Å². The average Bonchev–Trinajstić information content (AvgIpc) is 2.90. The van der Waals surface area contributed by atoms with Gasteiger partial charge in [0.25, 0.3) is 0 Å². The van der Waals surface area contributed by atoms with Crippen LogP contribution in [0.5, 0.6) is 0 Å². The lowest BCUT2D eigenvalue weighted by atomic mass is 10.0. The fourth-order valence-electron chi connectivity index (χ4n) is 3.33. The molecule has 1 heterocycles. The Kier molecular flexibility index (Phi) is 6.08. The number of rotatable bonds is 5. The van der Waals surface area contributed by atoms with Crippen LogP contribution in [-0.2, 0) is 4.79 Å². The van der Waals surface area contributed by atoms with Gasteiger partial charge in [-0.15, -0.1) is 0 Å². The lowest BCUT2D eigenvalue weighted by Gasteiger charge is -2.32. The lowest BCUT2D eigenvalue weighted by molar-refractivity contribution is -0.123. The summed E-state index contributed by atoms with van der Waals surface area (Å²) in [7, 11) is 0. The highest BCUT2D eigenvalue weighted by Gasteiger charge is 2.22. The molecule has 0 radical (unpaired) electrons. The van der Waals surface area contributed by atoms with E-state index in [0.717, 1.165) is 38.9 Å². The minimum atomic E-state index is 0.291. The van der Waals surface area contributed by atoms with Crippen molar-refractivity contribution in [3.63, 3.8) is 0 Å². The Hall–Kier alpha value is -0.830. The summed E-state index contributed by atoms with van der Waals surface area (Å²) >= 11 is 0. The van der Waals surface area contributed by atoms with Crippen molar-refractivity contribution in [2.75, 3.05) is 19.6 Å². The van der Waals surface area contributed by atoms with Crippen LogP contribution in [0, 0.1) is 5.92 Å². The maximum atomic E-state index is 12.0. The molecular formula is C17H30N2O. The number of piperidine rings is 1. The number of hydrogen-bond donors (Lipinski definition) is 1. The molecule has 3 nitrogen and oxygen atoms in total. The third kappa shape index (κ3) is 5.28. The first kappa shape index (κ1) is 15.6. The van der Waals surface area contributed by atoms with Gasteiger partial charge in [-0.3, -0.25) is 9.69 Å². The van der Waals surface area contributed by atoms with Crippen molar-refractivity contribution < 1.29 is 4.79 Å². The Morgan fingerprint density at radius 1 is 1.15 bits per heavy atom. The second-order valence-electron chi connectivity index (χ2n) is 6.78. The highest BCUT2D eigenvalue weighted by Crippen LogP contribution is 2.27. The Morgan fingerprint density at radius 2 is 1.80 bits per heavy atom. The van der Waals surface area contributed by atoms with Crippen molar-refractivity contribution in [3.05, 3.63) is 11.6 Å². The molecule has 1 saturated carbocycles. The van der Waals surface area contributed by atoms with E-state index in [2.05, 4.69) is 30.1 Å². The van der Waals surface area contributed by atoms with Gasteiger partial charge in [-0.25, -0.2) is 0 Å². The van der Waals surface area contributed by atoms with Gasteiger partial charge >= 0.3 is 0 Å². The van der Waals surface area contributed by atoms with Crippen LogP contribution in [0.1, 0.15) is 58.8 Å². The summed E-state index contributed by atoms with van der Waals surface area (Å²) in [4.78, 5) is 14.5. The topological polar surface area (TPSA) is 32.3 Å². The summed E-state index contributed by atoms with van der Waals surface area (Å²) in [6.45, 7) is 7.58. The SMILES string of the molecule is CC(C)=CCN1CCC(NC(=O)CC2CCCC2)CC1. The van der Waals surface area contributed by atoms with E-state index in [0.29, 0.717) is 17.9 Å². The van der Waals surface area contributed by atoms with Gasteiger partial charge in [0.15, 0.2) is 0 Å². The minimum Gasteiger partial charge on any atom is -0.353 e. The van der Waals surface area contributed by atoms with Gasteiger partial charge in [0.2, 0.25) is 5.91 Å². The predicted molar refractivity (Wildman–Crippen MR) is 83.6 cm³/mol. The molecule has 0 aromatic carbocycles. The zero-order valence-corrected chi connectivity index (χ0v) is 13.2. The monoisotopic (exact) mass is 278 g/mol. The number of carbonyl (C=O) groups excluding carboxylic acids is 1. The number of allylic oxidation sites excluding steroid dienone is 1. The number of likely N-dealkylation sites (tertiary alicyclic amines) is 1. The number of hydrogen-bond acceptors (Lipinski definition) is 2. The molecule has 3 heteroatoms. The quantitative estimate of drug-likeness (QED) is 0.784. The summed E-state index contributed by atoms with van der Waals surface area (Å²) in [6.07, 6.45) is 10.4. The molecule has 0 bridgehead atoms. The summed E-state index contributed by atoms with van der Waals surface area (Å²) in [5, 5.41) is 3.25. The Morgan fingerprint density at radius 3 is 2.40 bits per heavy atom. The van der Waals surface area contributed by atoms with Crippen LogP contribution in [0.2, 0.25) is 0 Å². The molecule has 2 aliphatic rings. The molecule has 0 spiro atoms. The predicted octanol–water partition coefficient (Wildman–Crippen LogP) is 3.11. The van der Waals surface area contributed by atoms with Crippen molar-refractivity contribution in [3.8, 4) is 0 Å². The molecule has 0 unspecified atom stereocenters. The van der Waals surface area contributed by atoms with Crippen LogP contribution in [0.25, 0.3) is 0 Å². The number of carbonyl (C=O) groups is 1. The Balaban J connectivity index is 1.63. The smallest absolute Gasteiger partial charge is 0.220 e. The van der Waals surface area contributed by atoms with E-state index in [1.807, 2.05) is 0 Å². The second kappa shape index (κ2) is 7.82. The molecule has 20 heavy (non-hydrogen) atoms. The zero-order chi connectivity index (χ0) is 14.4. The summed E-state index contributed by atoms with van der Waals surface area (Å²) in [5.74, 6) is 0.951. The van der Waals surface area contributed by atoms with Gasteiger partial charge < -0.3 is 5.32 Å². The number of amides is 1. The van der Waals surface area contributed by atoms with Crippen LogP contribution in [0.3, 0.4) is 0 Å². The van der Waals surface area contributed by atoms with E-state index in [9.17, 15) is 4.79 Å². The fourth-order valence-corrected chi connectivity index (χ4v) is 3.33. The molecule has 2 rings (SSSR count). The summed E-state index contributed by atoms with van der Waals surface area (Å²) in [5.41, 5.74) is 1.39. The standard InChI is InChI=1S/C17H30N2O/c1-14(2)7-10-19-11-8-16(9-12-19)18-17(20)13-15-5-3-4-6-15/h7,15-16H,3-6,8-13H2,1-2H3,(H,18,20). The molecule has 2 fully saturated rings. The molecule has 1 aliphatic carbocycles. The van der Waals surface area contributed by atoms with E-state index in [1.165, 1.54) is 31.3 Å². The molecular weight excluding hydrogens is 248 g/mol. The van der Waals surface area contributed by atoms with E-state index in [1.54, 1.807) is 0 Å². The molecule has 0 atom stereocenters. The molecule has 1 N–H and O–H groups in total. The highest BCUT2D eigenvalue weighted by atomic mass is 16.1. The van der Waals surface area contributed by atoms with Crippen molar-refractivity contribution in [2.45, 2.75) is 64.8 Å².